The van der Waals surface area contributed by atoms with Crippen LogP contribution in [0, 0.1) is 11.3 Å². The van der Waals surface area contributed by atoms with Crippen LogP contribution in [0.2, 0.25) is 0 Å². The minimum atomic E-state index is -0.0523. The Hall–Kier alpha value is -0.900. The van der Waals surface area contributed by atoms with E-state index in [2.05, 4.69) is 25.9 Å². The van der Waals surface area contributed by atoms with Crippen molar-refractivity contribution in [1.29, 1.82) is 0 Å². The van der Waals surface area contributed by atoms with Crippen LogP contribution in [0.3, 0.4) is 0 Å². The molecule has 0 radical (unpaired) electrons. The zero-order valence-corrected chi connectivity index (χ0v) is 10.8. The maximum Gasteiger partial charge on any atom is 0.251 e. The Morgan fingerprint density at radius 1 is 1.44 bits per heavy atom. The fraction of sp³-hybridized carbons (Fsp3) is 0.833. The maximum absolute atomic E-state index is 12.1. The fourth-order valence-electron chi connectivity index (χ4n) is 2.03. The topological polar surface area (TPSA) is 58.7 Å². The van der Waals surface area contributed by atoms with Gasteiger partial charge in [0.05, 0.1) is 11.6 Å². The summed E-state index contributed by atoms with van der Waals surface area (Å²) in [6.45, 7) is 9.55. The molecule has 4 nitrogen and oxygen atoms in total. The second-order valence-corrected chi connectivity index (χ2v) is 5.27. The molecule has 0 saturated carbocycles. The highest BCUT2D eigenvalue weighted by atomic mass is 16.2. The van der Waals surface area contributed by atoms with Gasteiger partial charge in [0.15, 0.2) is 0 Å². The van der Waals surface area contributed by atoms with Crippen molar-refractivity contribution < 1.29 is 4.79 Å². The summed E-state index contributed by atoms with van der Waals surface area (Å²) in [4.78, 5) is 12.1. The molecule has 0 fully saturated rings. The minimum absolute atomic E-state index is 0.0428. The molecule has 1 aliphatic rings. The lowest BCUT2D eigenvalue weighted by atomic mass is 9.80. The van der Waals surface area contributed by atoms with E-state index in [0.29, 0.717) is 13.1 Å². The maximum atomic E-state index is 12.1. The SMILES string of the molecule is CCN1N=C(C(C)(C)C)C(CCCN)C1=O. The van der Waals surface area contributed by atoms with E-state index in [0.717, 1.165) is 18.6 Å². The molecule has 1 amide bonds. The lowest BCUT2D eigenvalue weighted by molar-refractivity contribution is -0.131. The number of hydrazone groups is 1. The normalized spacial score (nSPS) is 21.6. The van der Waals surface area contributed by atoms with Gasteiger partial charge in [0.2, 0.25) is 0 Å². The predicted molar refractivity (Wildman–Crippen MR) is 66.1 cm³/mol. The van der Waals surface area contributed by atoms with Gasteiger partial charge in [-0.1, -0.05) is 20.8 Å². The summed E-state index contributed by atoms with van der Waals surface area (Å²) in [7, 11) is 0. The summed E-state index contributed by atoms with van der Waals surface area (Å²) in [5, 5.41) is 6.04. The molecule has 1 aliphatic heterocycles. The number of nitrogens with two attached hydrogens (primary N) is 1. The molecule has 0 aromatic carbocycles. The average molecular weight is 225 g/mol. The lowest BCUT2D eigenvalue weighted by Gasteiger charge is -2.22. The number of rotatable bonds is 4. The highest BCUT2D eigenvalue weighted by molar-refractivity contribution is 6.10. The zero-order chi connectivity index (χ0) is 12.3. The Kier molecular flexibility index (Phi) is 4.08. The summed E-state index contributed by atoms with van der Waals surface area (Å²) >= 11 is 0. The molecule has 0 aliphatic carbocycles. The highest BCUT2D eigenvalue weighted by Crippen LogP contribution is 2.31. The Balaban J connectivity index is 2.87. The summed E-state index contributed by atoms with van der Waals surface area (Å²) in [5.74, 6) is 0.0874. The molecule has 0 aromatic heterocycles. The summed E-state index contributed by atoms with van der Waals surface area (Å²) in [6, 6.07) is 0. The second kappa shape index (κ2) is 4.95. The van der Waals surface area contributed by atoms with E-state index >= 15 is 0 Å². The smallest absolute Gasteiger partial charge is 0.251 e. The first kappa shape index (κ1) is 13.2. The Labute approximate surface area is 97.9 Å². The van der Waals surface area contributed by atoms with E-state index in [9.17, 15) is 4.79 Å². The summed E-state index contributed by atoms with van der Waals surface area (Å²) in [5.41, 5.74) is 6.47. The van der Waals surface area contributed by atoms with Crippen LogP contribution in [0.25, 0.3) is 0 Å². The van der Waals surface area contributed by atoms with Gasteiger partial charge in [0, 0.05) is 12.0 Å². The number of carbonyl (C=O) groups is 1. The van der Waals surface area contributed by atoms with E-state index in [1.54, 1.807) is 5.01 Å². The minimum Gasteiger partial charge on any atom is -0.330 e. The molecule has 0 spiro atoms. The van der Waals surface area contributed by atoms with Gasteiger partial charge >= 0.3 is 0 Å². The molecule has 0 bridgehead atoms. The quantitative estimate of drug-likeness (QED) is 0.790. The molecular formula is C12H23N3O. The Morgan fingerprint density at radius 2 is 2.06 bits per heavy atom. The van der Waals surface area contributed by atoms with Crippen LogP contribution in [0.4, 0.5) is 0 Å². The molecule has 16 heavy (non-hydrogen) atoms. The van der Waals surface area contributed by atoms with Gasteiger partial charge in [-0.25, -0.2) is 5.01 Å². The number of amides is 1. The lowest BCUT2D eigenvalue weighted by Crippen LogP contribution is -2.32. The summed E-state index contributed by atoms with van der Waals surface area (Å²) in [6.07, 6.45) is 1.70. The first-order valence-electron chi connectivity index (χ1n) is 6.02. The van der Waals surface area contributed by atoms with E-state index < -0.39 is 0 Å². The van der Waals surface area contributed by atoms with E-state index in [4.69, 9.17) is 5.73 Å². The third kappa shape index (κ3) is 2.61. The zero-order valence-electron chi connectivity index (χ0n) is 10.8. The Morgan fingerprint density at radius 3 is 2.50 bits per heavy atom. The molecular weight excluding hydrogens is 202 g/mol. The number of hydrogen-bond acceptors (Lipinski definition) is 3. The first-order valence-corrected chi connectivity index (χ1v) is 6.02. The van der Waals surface area contributed by atoms with Crippen LogP contribution in [-0.2, 0) is 4.79 Å². The second-order valence-electron chi connectivity index (χ2n) is 5.27. The molecule has 0 aromatic rings. The van der Waals surface area contributed by atoms with Gasteiger partial charge < -0.3 is 5.73 Å². The monoisotopic (exact) mass is 225 g/mol. The number of hydrogen-bond donors (Lipinski definition) is 1. The molecule has 1 rings (SSSR count). The molecule has 1 atom stereocenters. The van der Waals surface area contributed by atoms with Crippen LogP contribution in [0.15, 0.2) is 5.10 Å². The first-order chi connectivity index (χ1) is 7.41. The van der Waals surface area contributed by atoms with E-state index in [-0.39, 0.29) is 17.2 Å². The molecule has 4 heteroatoms. The van der Waals surface area contributed by atoms with Gasteiger partial charge in [0.1, 0.15) is 0 Å². The molecule has 92 valence electrons. The largest absolute Gasteiger partial charge is 0.330 e. The average Bonchev–Trinajstić information content (AvgIpc) is 2.52. The Bertz CT molecular complexity index is 291. The van der Waals surface area contributed by atoms with Crippen LogP contribution in [0.1, 0.15) is 40.5 Å². The molecule has 0 saturated heterocycles. The van der Waals surface area contributed by atoms with Crippen LogP contribution < -0.4 is 5.73 Å². The third-order valence-electron chi connectivity index (χ3n) is 2.88. The number of carbonyl (C=O) groups excluding carboxylic acids is 1. The van der Waals surface area contributed by atoms with Gasteiger partial charge in [-0.15, -0.1) is 0 Å². The van der Waals surface area contributed by atoms with Crippen molar-refractivity contribution >= 4 is 11.6 Å². The molecule has 1 unspecified atom stereocenters. The van der Waals surface area contributed by atoms with Gasteiger partial charge in [-0.3, -0.25) is 4.79 Å². The van der Waals surface area contributed by atoms with Crippen molar-refractivity contribution in [2.45, 2.75) is 40.5 Å². The van der Waals surface area contributed by atoms with Crippen molar-refractivity contribution in [2.24, 2.45) is 22.2 Å². The predicted octanol–water partition coefficient (Wildman–Crippen LogP) is 1.61. The molecule has 2 N–H and O–H groups in total. The van der Waals surface area contributed by atoms with Crippen LogP contribution in [-0.4, -0.2) is 29.7 Å². The van der Waals surface area contributed by atoms with Crippen LogP contribution >= 0.6 is 0 Å². The standard InChI is InChI=1S/C12H23N3O/c1-5-15-11(16)9(7-6-8-13)10(14-15)12(2,3)4/h9H,5-8,13H2,1-4H3. The van der Waals surface area contributed by atoms with Gasteiger partial charge in [0.25, 0.3) is 5.91 Å². The van der Waals surface area contributed by atoms with Gasteiger partial charge in [-0.05, 0) is 26.3 Å². The van der Waals surface area contributed by atoms with E-state index in [1.165, 1.54) is 0 Å². The van der Waals surface area contributed by atoms with Crippen molar-refractivity contribution in [3.63, 3.8) is 0 Å². The van der Waals surface area contributed by atoms with Crippen molar-refractivity contribution in [3.8, 4) is 0 Å². The van der Waals surface area contributed by atoms with Crippen molar-refractivity contribution in [3.05, 3.63) is 0 Å². The summed E-state index contributed by atoms with van der Waals surface area (Å²) < 4.78 is 0. The highest BCUT2D eigenvalue weighted by Gasteiger charge is 2.39. The molecule has 1 heterocycles. The van der Waals surface area contributed by atoms with Crippen molar-refractivity contribution in [1.82, 2.24) is 5.01 Å². The van der Waals surface area contributed by atoms with Crippen molar-refractivity contribution in [2.75, 3.05) is 13.1 Å². The third-order valence-corrected chi connectivity index (χ3v) is 2.88. The van der Waals surface area contributed by atoms with E-state index in [1.807, 2.05) is 6.92 Å². The fourth-order valence-corrected chi connectivity index (χ4v) is 2.03. The number of nitrogens with zero attached hydrogens (tertiary/aromatic N) is 2. The van der Waals surface area contributed by atoms with Gasteiger partial charge in [-0.2, -0.15) is 5.10 Å². The van der Waals surface area contributed by atoms with Crippen LogP contribution in [0.5, 0.6) is 0 Å².